The van der Waals surface area contributed by atoms with Crippen LogP contribution >= 0.6 is 11.6 Å². The highest BCUT2D eigenvalue weighted by molar-refractivity contribution is 6.32. The van der Waals surface area contributed by atoms with Crippen LogP contribution < -0.4 is 0 Å². The van der Waals surface area contributed by atoms with Gasteiger partial charge >= 0.3 is 0 Å². The minimum Gasteiger partial charge on any atom is -0.506 e. The zero-order valence-electron chi connectivity index (χ0n) is 14.7. The van der Waals surface area contributed by atoms with E-state index in [4.69, 9.17) is 11.6 Å². The first-order chi connectivity index (χ1) is 12.5. The second-order valence-electron chi connectivity index (χ2n) is 6.20. The van der Waals surface area contributed by atoms with Crippen molar-refractivity contribution in [2.24, 2.45) is 0 Å². The Morgan fingerprint density at radius 3 is 2.73 bits per heavy atom. The molecule has 0 saturated heterocycles. The molecule has 0 atom stereocenters. The Kier molecular flexibility index (Phi) is 5.28. The maximum absolute atomic E-state index is 11.9. The Labute approximate surface area is 157 Å². The number of hydrogen-bond acceptors (Lipinski definition) is 3. The summed E-state index contributed by atoms with van der Waals surface area (Å²) in [6.07, 6.45) is 4.68. The van der Waals surface area contributed by atoms with E-state index in [9.17, 15) is 9.90 Å². The van der Waals surface area contributed by atoms with Gasteiger partial charge in [0.05, 0.1) is 10.7 Å². The third kappa shape index (κ3) is 3.73. The molecule has 1 N–H and O–H groups in total. The van der Waals surface area contributed by atoms with Crippen LogP contribution in [-0.2, 0) is 11.2 Å². The summed E-state index contributed by atoms with van der Waals surface area (Å²) in [4.78, 5) is 18.0. The van der Waals surface area contributed by atoms with Gasteiger partial charge in [0.25, 0.3) is 0 Å². The van der Waals surface area contributed by atoms with E-state index in [2.05, 4.69) is 4.98 Å². The number of imidazole rings is 1. The molecule has 1 heterocycles. The first-order valence-corrected chi connectivity index (χ1v) is 8.66. The third-order valence-electron chi connectivity index (χ3n) is 4.20. The molecule has 6 heteroatoms. The largest absolute Gasteiger partial charge is 0.506 e. The smallest absolute Gasteiger partial charge is 0.222 e. The maximum atomic E-state index is 11.9. The number of rotatable bonds is 5. The predicted octanol–water partition coefficient (Wildman–Crippen LogP) is 3.92. The Morgan fingerprint density at radius 2 is 2.00 bits per heavy atom. The van der Waals surface area contributed by atoms with Crippen molar-refractivity contribution >= 4 is 17.5 Å². The van der Waals surface area contributed by atoms with Gasteiger partial charge in [0.2, 0.25) is 5.91 Å². The minimum atomic E-state index is 0.0381. The van der Waals surface area contributed by atoms with E-state index in [0.717, 1.165) is 22.6 Å². The van der Waals surface area contributed by atoms with Crippen molar-refractivity contribution in [3.8, 4) is 22.8 Å². The molecule has 0 saturated carbocycles. The second-order valence-corrected chi connectivity index (χ2v) is 6.61. The monoisotopic (exact) mass is 369 g/mol. The molecule has 0 fully saturated rings. The number of phenols is 1. The third-order valence-corrected chi connectivity index (χ3v) is 4.51. The van der Waals surface area contributed by atoms with Crippen molar-refractivity contribution in [2.75, 3.05) is 14.1 Å². The molecule has 0 radical (unpaired) electrons. The van der Waals surface area contributed by atoms with E-state index in [-0.39, 0.29) is 16.7 Å². The van der Waals surface area contributed by atoms with Gasteiger partial charge in [0, 0.05) is 38.5 Å². The molecule has 0 unspecified atom stereocenters. The SMILES string of the molecule is CN(C)C(=O)CCc1ccccc1-n1ccnc1-c1ccc(O)c(Cl)c1. The average molecular weight is 370 g/mol. The zero-order chi connectivity index (χ0) is 18.7. The summed E-state index contributed by atoms with van der Waals surface area (Å²) in [7, 11) is 3.52. The molecule has 134 valence electrons. The van der Waals surface area contributed by atoms with Crippen molar-refractivity contribution in [1.82, 2.24) is 14.5 Å². The summed E-state index contributed by atoms with van der Waals surface area (Å²) in [5, 5.41) is 9.92. The van der Waals surface area contributed by atoms with Crippen LogP contribution in [0.3, 0.4) is 0 Å². The number of aromatic nitrogens is 2. The minimum absolute atomic E-state index is 0.0381. The van der Waals surface area contributed by atoms with Crippen LogP contribution in [0.25, 0.3) is 17.1 Å². The molecule has 26 heavy (non-hydrogen) atoms. The number of para-hydroxylation sites is 1. The van der Waals surface area contributed by atoms with Crippen LogP contribution in [0.5, 0.6) is 5.75 Å². The quantitative estimate of drug-likeness (QED) is 0.741. The average Bonchev–Trinajstić information content (AvgIpc) is 3.11. The van der Waals surface area contributed by atoms with Crippen molar-refractivity contribution < 1.29 is 9.90 Å². The lowest BCUT2D eigenvalue weighted by Crippen LogP contribution is -2.22. The van der Waals surface area contributed by atoms with Crippen molar-refractivity contribution in [1.29, 1.82) is 0 Å². The van der Waals surface area contributed by atoms with Gasteiger partial charge in [0.1, 0.15) is 11.6 Å². The maximum Gasteiger partial charge on any atom is 0.222 e. The fourth-order valence-corrected chi connectivity index (χ4v) is 2.96. The zero-order valence-corrected chi connectivity index (χ0v) is 15.4. The van der Waals surface area contributed by atoms with Gasteiger partial charge in [-0.3, -0.25) is 9.36 Å². The number of phenolic OH excluding ortho intramolecular Hbond substituents is 1. The van der Waals surface area contributed by atoms with Gasteiger partial charge in [0.15, 0.2) is 0 Å². The molecule has 0 aliphatic carbocycles. The number of benzene rings is 2. The molecule has 1 aromatic heterocycles. The topological polar surface area (TPSA) is 58.4 Å². The highest BCUT2D eigenvalue weighted by Crippen LogP contribution is 2.30. The van der Waals surface area contributed by atoms with Gasteiger partial charge in [-0.2, -0.15) is 0 Å². The fourth-order valence-electron chi connectivity index (χ4n) is 2.78. The van der Waals surface area contributed by atoms with Gasteiger partial charge in [-0.05, 0) is 36.2 Å². The van der Waals surface area contributed by atoms with E-state index < -0.39 is 0 Å². The summed E-state index contributed by atoms with van der Waals surface area (Å²) in [5.41, 5.74) is 2.83. The molecule has 3 rings (SSSR count). The number of aryl methyl sites for hydroxylation is 1. The second kappa shape index (κ2) is 7.62. The summed E-state index contributed by atoms with van der Waals surface area (Å²) < 4.78 is 1.97. The Hall–Kier alpha value is -2.79. The molecule has 1 amide bonds. The van der Waals surface area contributed by atoms with Crippen molar-refractivity contribution in [3.63, 3.8) is 0 Å². The molecule has 0 bridgehead atoms. The van der Waals surface area contributed by atoms with Gasteiger partial charge in [-0.25, -0.2) is 4.98 Å². The van der Waals surface area contributed by atoms with Crippen molar-refractivity contribution in [2.45, 2.75) is 12.8 Å². The number of halogens is 1. The molecule has 0 aliphatic rings. The van der Waals surface area contributed by atoms with Crippen LogP contribution in [0.4, 0.5) is 0 Å². The highest BCUT2D eigenvalue weighted by atomic mass is 35.5. The van der Waals surface area contributed by atoms with Crippen LogP contribution in [-0.4, -0.2) is 39.6 Å². The van der Waals surface area contributed by atoms with Crippen LogP contribution in [0.1, 0.15) is 12.0 Å². The lowest BCUT2D eigenvalue weighted by atomic mass is 10.1. The van der Waals surface area contributed by atoms with Crippen LogP contribution in [0.2, 0.25) is 5.02 Å². The lowest BCUT2D eigenvalue weighted by Gasteiger charge is -2.15. The van der Waals surface area contributed by atoms with E-state index in [1.54, 1.807) is 43.4 Å². The molecule has 0 spiro atoms. The van der Waals surface area contributed by atoms with E-state index >= 15 is 0 Å². The molecular formula is C20H20ClN3O2. The van der Waals surface area contributed by atoms with Crippen LogP contribution in [0, 0.1) is 0 Å². The number of amides is 1. The van der Waals surface area contributed by atoms with E-state index in [1.807, 2.05) is 35.0 Å². The normalized spacial score (nSPS) is 10.7. The first-order valence-electron chi connectivity index (χ1n) is 8.28. The predicted molar refractivity (Wildman–Crippen MR) is 103 cm³/mol. The lowest BCUT2D eigenvalue weighted by molar-refractivity contribution is -0.128. The standard InChI is InChI=1S/C20H20ClN3O2/c1-23(2)19(26)10-8-14-5-3-4-6-17(14)24-12-11-22-20(24)15-7-9-18(25)16(21)13-15/h3-7,9,11-13,25H,8,10H2,1-2H3. The van der Waals surface area contributed by atoms with Gasteiger partial charge in [-0.1, -0.05) is 29.8 Å². The molecule has 2 aromatic carbocycles. The number of nitrogens with zero attached hydrogens (tertiary/aromatic N) is 3. The summed E-state index contributed by atoms with van der Waals surface area (Å²) in [6.45, 7) is 0. The fraction of sp³-hybridized carbons (Fsp3) is 0.200. The molecule has 3 aromatic rings. The van der Waals surface area contributed by atoms with E-state index in [0.29, 0.717) is 12.8 Å². The summed E-state index contributed by atoms with van der Waals surface area (Å²) in [6, 6.07) is 13.0. The Morgan fingerprint density at radius 1 is 1.23 bits per heavy atom. The Bertz CT molecular complexity index is 934. The summed E-state index contributed by atoms with van der Waals surface area (Å²) in [5.74, 6) is 0.852. The first kappa shape index (κ1) is 18.0. The van der Waals surface area contributed by atoms with Crippen LogP contribution in [0.15, 0.2) is 54.9 Å². The molecule has 0 aliphatic heterocycles. The Balaban J connectivity index is 1.97. The van der Waals surface area contributed by atoms with E-state index in [1.165, 1.54) is 0 Å². The number of carbonyl (C=O) groups excluding carboxylic acids is 1. The number of aromatic hydroxyl groups is 1. The van der Waals surface area contributed by atoms with Crippen molar-refractivity contribution in [3.05, 3.63) is 65.4 Å². The molecular weight excluding hydrogens is 350 g/mol. The summed E-state index contributed by atoms with van der Waals surface area (Å²) >= 11 is 6.05. The highest BCUT2D eigenvalue weighted by Gasteiger charge is 2.13. The number of carbonyl (C=O) groups is 1. The van der Waals surface area contributed by atoms with Gasteiger partial charge < -0.3 is 10.0 Å². The number of hydrogen-bond donors (Lipinski definition) is 1. The molecule has 5 nitrogen and oxygen atoms in total. The van der Waals surface area contributed by atoms with Gasteiger partial charge in [-0.15, -0.1) is 0 Å².